The Bertz CT molecular complexity index is 683. The maximum absolute atomic E-state index is 9.34. The molecule has 22 heavy (non-hydrogen) atoms. The maximum atomic E-state index is 9.34. The molecule has 2 heterocycles. The zero-order valence-corrected chi connectivity index (χ0v) is 13.6. The third-order valence-corrected chi connectivity index (χ3v) is 4.27. The van der Waals surface area contributed by atoms with E-state index in [1.165, 1.54) is 0 Å². The Kier molecular flexibility index (Phi) is 4.54. The second kappa shape index (κ2) is 6.75. The highest BCUT2D eigenvalue weighted by molar-refractivity contribution is 9.10. The van der Waals surface area contributed by atoms with Gasteiger partial charge in [0.2, 0.25) is 0 Å². The minimum atomic E-state index is 0.318. The highest BCUT2D eigenvalue weighted by Gasteiger charge is 2.22. The number of anilines is 2. The van der Waals surface area contributed by atoms with Crippen LogP contribution >= 0.6 is 15.9 Å². The molecule has 1 aliphatic heterocycles. The van der Waals surface area contributed by atoms with Crippen LogP contribution in [0.5, 0.6) is 0 Å². The number of hydrogen-bond acceptors (Lipinski definition) is 5. The molecule has 1 aromatic heterocycles. The van der Waals surface area contributed by atoms with E-state index in [1.807, 2.05) is 24.3 Å². The number of nitriles is 1. The van der Waals surface area contributed by atoms with Crippen LogP contribution in [0, 0.1) is 11.3 Å². The molecule has 1 atom stereocenters. The van der Waals surface area contributed by atoms with Crippen molar-refractivity contribution in [2.45, 2.75) is 18.9 Å². The Balaban J connectivity index is 1.75. The minimum Gasteiger partial charge on any atom is -0.368 e. The van der Waals surface area contributed by atoms with E-state index in [1.54, 1.807) is 12.5 Å². The van der Waals surface area contributed by atoms with Crippen LogP contribution in [0.2, 0.25) is 0 Å². The highest BCUT2D eigenvalue weighted by atomic mass is 79.9. The van der Waals surface area contributed by atoms with Crippen LogP contribution in [-0.2, 0) is 0 Å². The van der Waals surface area contributed by atoms with E-state index in [0.29, 0.717) is 11.6 Å². The second-order valence-corrected chi connectivity index (χ2v) is 6.21. The van der Waals surface area contributed by atoms with Gasteiger partial charge in [0.15, 0.2) is 0 Å². The molecule has 6 heteroatoms. The molecule has 0 saturated carbocycles. The largest absolute Gasteiger partial charge is 0.368 e. The number of aromatic nitrogens is 2. The summed E-state index contributed by atoms with van der Waals surface area (Å²) in [5, 5.41) is 12.8. The highest BCUT2D eigenvalue weighted by Crippen LogP contribution is 2.27. The summed E-state index contributed by atoms with van der Waals surface area (Å²) >= 11 is 3.42. The second-order valence-electron chi connectivity index (χ2n) is 5.30. The summed E-state index contributed by atoms with van der Waals surface area (Å²) in [6.45, 7) is 1.83. The van der Waals surface area contributed by atoms with Crippen LogP contribution in [0.4, 0.5) is 11.5 Å². The lowest BCUT2D eigenvalue weighted by Crippen LogP contribution is -2.42. The number of benzene rings is 1. The Morgan fingerprint density at radius 3 is 3.05 bits per heavy atom. The van der Waals surface area contributed by atoms with Crippen molar-refractivity contribution in [3.8, 4) is 6.07 Å². The van der Waals surface area contributed by atoms with Crippen LogP contribution in [0.1, 0.15) is 18.4 Å². The van der Waals surface area contributed by atoms with Gasteiger partial charge in [0, 0.05) is 29.8 Å². The van der Waals surface area contributed by atoms with Gasteiger partial charge in [-0.05, 0) is 37.1 Å². The normalized spacial score (nSPS) is 17.8. The first-order valence-electron chi connectivity index (χ1n) is 7.23. The molecule has 1 saturated heterocycles. The molecule has 1 aliphatic rings. The van der Waals surface area contributed by atoms with Gasteiger partial charge in [0.05, 0.1) is 11.3 Å². The van der Waals surface area contributed by atoms with Gasteiger partial charge in [0.1, 0.15) is 18.2 Å². The third-order valence-electron chi connectivity index (χ3n) is 3.78. The molecule has 1 N–H and O–H groups in total. The lowest BCUT2D eigenvalue weighted by Gasteiger charge is -2.35. The van der Waals surface area contributed by atoms with Gasteiger partial charge in [-0.3, -0.25) is 0 Å². The average molecular weight is 358 g/mol. The molecule has 0 bridgehead atoms. The van der Waals surface area contributed by atoms with Crippen LogP contribution in [0.25, 0.3) is 0 Å². The summed E-state index contributed by atoms with van der Waals surface area (Å²) in [6, 6.07) is 10.3. The summed E-state index contributed by atoms with van der Waals surface area (Å²) in [6.07, 6.45) is 5.46. The van der Waals surface area contributed by atoms with Crippen molar-refractivity contribution in [1.29, 1.82) is 5.26 Å². The van der Waals surface area contributed by atoms with Gasteiger partial charge in [0.25, 0.3) is 0 Å². The van der Waals surface area contributed by atoms with Crippen LogP contribution < -0.4 is 10.2 Å². The van der Waals surface area contributed by atoms with Crippen molar-refractivity contribution in [3.63, 3.8) is 0 Å². The van der Waals surface area contributed by atoms with Crippen LogP contribution in [0.15, 0.2) is 41.3 Å². The van der Waals surface area contributed by atoms with Gasteiger partial charge < -0.3 is 10.2 Å². The van der Waals surface area contributed by atoms with E-state index >= 15 is 0 Å². The molecular formula is C16H16BrN5. The molecule has 0 radical (unpaired) electrons. The smallest absolute Gasteiger partial charge is 0.129 e. The monoisotopic (exact) mass is 357 g/mol. The van der Waals surface area contributed by atoms with Crippen molar-refractivity contribution in [1.82, 2.24) is 9.97 Å². The minimum absolute atomic E-state index is 0.318. The molecule has 2 aromatic rings. The Labute approximate surface area is 138 Å². The van der Waals surface area contributed by atoms with Crippen LogP contribution in [-0.4, -0.2) is 29.1 Å². The van der Waals surface area contributed by atoms with Gasteiger partial charge >= 0.3 is 0 Å². The molecule has 1 aromatic carbocycles. The van der Waals surface area contributed by atoms with E-state index in [9.17, 15) is 5.26 Å². The fraction of sp³-hybridized carbons (Fsp3) is 0.312. The third kappa shape index (κ3) is 3.37. The zero-order chi connectivity index (χ0) is 15.4. The summed E-state index contributed by atoms with van der Waals surface area (Å²) < 4.78 is 0.931. The van der Waals surface area contributed by atoms with E-state index < -0.39 is 0 Å². The molecule has 1 unspecified atom stereocenters. The Morgan fingerprint density at radius 1 is 1.36 bits per heavy atom. The topological polar surface area (TPSA) is 64.8 Å². The average Bonchev–Trinajstić information content (AvgIpc) is 2.56. The van der Waals surface area contributed by atoms with E-state index in [4.69, 9.17) is 0 Å². The maximum Gasteiger partial charge on any atom is 0.129 e. The summed E-state index contributed by atoms with van der Waals surface area (Å²) in [5.41, 5.74) is 1.71. The van der Waals surface area contributed by atoms with E-state index in [-0.39, 0.29) is 0 Å². The van der Waals surface area contributed by atoms with Gasteiger partial charge in [-0.15, -0.1) is 0 Å². The lowest BCUT2D eigenvalue weighted by molar-refractivity contribution is 0.528. The molecule has 3 rings (SSSR count). The lowest BCUT2D eigenvalue weighted by atomic mass is 10.0. The molecule has 0 spiro atoms. The number of nitrogens with zero attached hydrogens (tertiary/aromatic N) is 4. The molecular weight excluding hydrogens is 342 g/mol. The fourth-order valence-corrected chi connectivity index (χ4v) is 3.13. The van der Waals surface area contributed by atoms with Crippen molar-refractivity contribution < 1.29 is 0 Å². The van der Waals surface area contributed by atoms with Gasteiger partial charge in [-0.25, -0.2) is 9.97 Å². The summed E-state index contributed by atoms with van der Waals surface area (Å²) in [4.78, 5) is 10.4. The number of nitrogens with one attached hydrogen (secondary N) is 1. The standard InChI is InChI=1S/C16H16BrN5/c17-13-3-4-15(12(8-13)9-18)22-7-1-2-14(10-22)21-16-5-6-19-11-20-16/h3-6,8,11,14H,1-2,7,10H2,(H,19,20,21). The fourth-order valence-electron chi connectivity index (χ4n) is 2.77. The molecule has 0 aliphatic carbocycles. The number of piperidine rings is 1. The molecule has 5 nitrogen and oxygen atoms in total. The molecule has 1 fully saturated rings. The van der Waals surface area contributed by atoms with E-state index in [2.05, 4.69) is 42.2 Å². The molecule has 112 valence electrons. The van der Waals surface area contributed by atoms with Gasteiger partial charge in [-0.1, -0.05) is 15.9 Å². The summed E-state index contributed by atoms with van der Waals surface area (Å²) in [5.74, 6) is 0.846. The quantitative estimate of drug-likeness (QED) is 0.913. The molecule has 0 amide bonds. The predicted octanol–water partition coefficient (Wildman–Crippen LogP) is 3.19. The van der Waals surface area contributed by atoms with Crippen molar-refractivity contribution >= 4 is 27.4 Å². The summed E-state index contributed by atoms with van der Waals surface area (Å²) in [7, 11) is 0. The van der Waals surface area contributed by atoms with Crippen LogP contribution in [0.3, 0.4) is 0 Å². The SMILES string of the molecule is N#Cc1cc(Br)ccc1N1CCCC(Nc2ccncn2)C1. The zero-order valence-electron chi connectivity index (χ0n) is 12.0. The number of rotatable bonds is 3. The number of halogens is 1. The first kappa shape index (κ1) is 14.8. The van der Waals surface area contributed by atoms with Crippen molar-refractivity contribution in [2.24, 2.45) is 0 Å². The first-order valence-corrected chi connectivity index (χ1v) is 8.03. The van der Waals surface area contributed by atoms with Crippen molar-refractivity contribution in [3.05, 3.63) is 46.8 Å². The number of hydrogen-bond donors (Lipinski definition) is 1. The predicted molar refractivity (Wildman–Crippen MR) is 89.7 cm³/mol. The first-order chi connectivity index (χ1) is 10.8. The Hall–Kier alpha value is -2.13. The Morgan fingerprint density at radius 2 is 2.27 bits per heavy atom. The van der Waals surface area contributed by atoms with E-state index in [0.717, 1.165) is 41.9 Å². The van der Waals surface area contributed by atoms with Gasteiger partial charge in [-0.2, -0.15) is 5.26 Å². The van der Waals surface area contributed by atoms with Crippen molar-refractivity contribution in [2.75, 3.05) is 23.3 Å².